The number of hydrogen-bond acceptors (Lipinski definition) is 4. The van der Waals surface area contributed by atoms with Gasteiger partial charge in [0.2, 0.25) is 0 Å². The Kier molecular flexibility index (Phi) is 9.98. The first kappa shape index (κ1) is 28.2. The first-order chi connectivity index (χ1) is 17.1. The molecule has 3 rings (SSSR count). The maximum Gasteiger partial charge on any atom is 0.311 e. The van der Waals surface area contributed by atoms with Crippen molar-refractivity contribution in [1.82, 2.24) is 10.2 Å². The number of hydrogen-bond donors (Lipinski definition) is 1. The summed E-state index contributed by atoms with van der Waals surface area (Å²) in [6, 6.07) is 14.2. The van der Waals surface area contributed by atoms with Crippen LogP contribution in [0.3, 0.4) is 0 Å². The molecule has 5 nitrogen and oxygen atoms in total. The van der Waals surface area contributed by atoms with Gasteiger partial charge in [-0.1, -0.05) is 29.8 Å². The average Bonchev–Trinajstić information content (AvgIpc) is 2.86. The molecule has 1 amide bonds. The van der Waals surface area contributed by atoms with Crippen molar-refractivity contribution in [3.05, 3.63) is 69.7 Å². The second kappa shape index (κ2) is 12.7. The zero-order valence-electron chi connectivity index (χ0n) is 22.4. The first-order valence-electron chi connectivity index (χ1n) is 13.1. The molecule has 0 bridgehead atoms. The molecule has 196 valence electrons. The summed E-state index contributed by atoms with van der Waals surface area (Å²) in [5.41, 5.74) is 4.26. The summed E-state index contributed by atoms with van der Waals surface area (Å²) in [6.45, 7) is 6.91. The summed E-state index contributed by atoms with van der Waals surface area (Å²) >= 11 is 5.97. The normalized spacial score (nSPS) is 18.1. The summed E-state index contributed by atoms with van der Waals surface area (Å²) in [5, 5.41) is 3.96. The van der Waals surface area contributed by atoms with E-state index in [1.807, 2.05) is 39.8 Å². The quantitative estimate of drug-likeness (QED) is 0.313. The number of ether oxygens (including phenoxy) is 1. The van der Waals surface area contributed by atoms with Crippen LogP contribution in [0.15, 0.2) is 42.5 Å². The molecular formula is C30H41ClN2O3. The number of amides is 1. The third-order valence-electron chi connectivity index (χ3n) is 7.13. The summed E-state index contributed by atoms with van der Waals surface area (Å²) in [5.74, 6) is 0.416. The number of benzene rings is 2. The molecule has 0 saturated heterocycles. The molecule has 0 atom stereocenters. The Morgan fingerprint density at radius 2 is 1.72 bits per heavy atom. The monoisotopic (exact) mass is 512 g/mol. The molecular weight excluding hydrogens is 472 g/mol. The topological polar surface area (TPSA) is 58.6 Å². The van der Waals surface area contributed by atoms with Crippen molar-refractivity contribution >= 4 is 23.5 Å². The van der Waals surface area contributed by atoms with Crippen molar-refractivity contribution in [3.8, 4) is 0 Å². The van der Waals surface area contributed by atoms with Crippen LogP contribution in [0.4, 0.5) is 0 Å². The molecule has 0 spiro atoms. The van der Waals surface area contributed by atoms with E-state index in [-0.39, 0.29) is 17.9 Å². The lowest BCUT2D eigenvalue weighted by Crippen LogP contribution is -2.39. The van der Waals surface area contributed by atoms with Gasteiger partial charge in [0.25, 0.3) is 5.91 Å². The number of aryl methyl sites for hydroxylation is 1. The Morgan fingerprint density at radius 3 is 2.33 bits per heavy atom. The fourth-order valence-electron chi connectivity index (χ4n) is 4.95. The average molecular weight is 513 g/mol. The molecule has 0 aliphatic heterocycles. The third-order valence-corrected chi connectivity index (χ3v) is 7.38. The fourth-order valence-corrected chi connectivity index (χ4v) is 5.08. The van der Waals surface area contributed by atoms with E-state index in [2.05, 4.69) is 23.5 Å². The Bertz CT molecular complexity index is 1020. The molecule has 1 fully saturated rings. The van der Waals surface area contributed by atoms with Crippen molar-refractivity contribution in [3.63, 3.8) is 0 Å². The van der Waals surface area contributed by atoms with Gasteiger partial charge >= 0.3 is 5.97 Å². The second-order valence-electron chi connectivity index (χ2n) is 11.0. The molecule has 0 aromatic heterocycles. The summed E-state index contributed by atoms with van der Waals surface area (Å²) < 4.78 is 5.42. The van der Waals surface area contributed by atoms with Gasteiger partial charge < -0.3 is 15.0 Å². The molecule has 6 heteroatoms. The van der Waals surface area contributed by atoms with Crippen LogP contribution < -0.4 is 5.32 Å². The third kappa shape index (κ3) is 7.57. The van der Waals surface area contributed by atoms with Gasteiger partial charge in [0.1, 0.15) is 0 Å². The van der Waals surface area contributed by atoms with Crippen molar-refractivity contribution in [2.45, 2.75) is 77.8 Å². The molecule has 36 heavy (non-hydrogen) atoms. The zero-order chi connectivity index (χ0) is 26.3. The molecule has 1 N–H and O–H groups in total. The SMILES string of the molecule is CNCc1cc(CCCOC(=O)C(C)(C)C)ccc1[C@H]1CC[C@H](N(C)C(=O)c2ccc(Cl)cc2)CC1. The standard InChI is InChI=1S/C30H41ClN2O3/c1-30(2,3)29(35)36-18-6-7-21-8-17-27(24(19-21)20-32-4)22-11-15-26(16-12-22)33(5)28(34)23-9-13-25(31)14-10-23/h8-10,13-14,17,19,22,26,32H,6-7,11-12,15-16,18,20H2,1-5H3/t22-,26-. The second-order valence-corrected chi connectivity index (χ2v) is 11.4. The molecule has 0 unspecified atom stereocenters. The molecule has 1 aliphatic carbocycles. The zero-order valence-corrected chi connectivity index (χ0v) is 23.2. The molecule has 0 heterocycles. The summed E-state index contributed by atoms with van der Waals surface area (Å²) in [7, 11) is 3.90. The highest BCUT2D eigenvalue weighted by atomic mass is 35.5. The van der Waals surface area contributed by atoms with Gasteiger partial charge in [-0.25, -0.2) is 0 Å². The van der Waals surface area contributed by atoms with E-state index in [4.69, 9.17) is 16.3 Å². The largest absolute Gasteiger partial charge is 0.465 e. The molecule has 1 aliphatic rings. The van der Waals surface area contributed by atoms with E-state index in [1.165, 1.54) is 16.7 Å². The summed E-state index contributed by atoms with van der Waals surface area (Å²) in [4.78, 5) is 26.8. The highest BCUT2D eigenvalue weighted by Crippen LogP contribution is 2.37. The Morgan fingerprint density at radius 1 is 1.06 bits per heavy atom. The predicted molar refractivity (Wildman–Crippen MR) is 146 cm³/mol. The van der Waals surface area contributed by atoms with Crippen LogP contribution in [-0.4, -0.2) is 43.5 Å². The van der Waals surface area contributed by atoms with Crippen LogP contribution in [-0.2, 0) is 22.5 Å². The van der Waals surface area contributed by atoms with Crippen LogP contribution in [0.2, 0.25) is 5.02 Å². The lowest BCUT2D eigenvalue weighted by molar-refractivity contribution is -0.153. The number of halogens is 1. The lowest BCUT2D eigenvalue weighted by atomic mass is 9.79. The van der Waals surface area contributed by atoms with Crippen LogP contribution in [0.5, 0.6) is 0 Å². The molecule has 2 aromatic rings. The number of nitrogens with zero attached hydrogens (tertiary/aromatic N) is 1. The number of carbonyl (C=O) groups excluding carboxylic acids is 2. The van der Waals surface area contributed by atoms with Crippen molar-refractivity contribution < 1.29 is 14.3 Å². The number of rotatable bonds is 9. The molecule has 0 radical (unpaired) electrons. The number of esters is 1. The first-order valence-corrected chi connectivity index (χ1v) is 13.4. The van der Waals surface area contributed by atoms with E-state index < -0.39 is 5.41 Å². The van der Waals surface area contributed by atoms with Gasteiger partial charge in [0, 0.05) is 30.2 Å². The summed E-state index contributed by atoms with van der Waals surface area (Å²) in [6.07, 6.45) is 5.85. The predicted octanol–water partition coefficient (Wildman–Crippen LogP) is 6.38. The minimum absolute atomic E-state index is 0.0588. The van der Waals surface area contributed by atoms with Gasteiger partial charge in [-0.05, 0) is 113 Å². The fraction of sp³-hybridized carbons (Fsp3) is 0.533. The number of nitrogens with one attached hydrogen (secondary N) is 1. The van der Waals surface area contributed by atoms with Crippen LogP contribution in [0, 0.1) is 5.41 Å². The van der Waals surface area contributed by atoms with E-state index in [0.717, 1.165) is 45.1 Å². The van der Waals surface area contributed by atoms with Gasteiger partial charge in [0.15, 0.2) is 0 Å². The number of carbonyl (C=O) groups is 2. The van der Waals surface area contributed by atoms with Gasteiger partial charge in [-0.3, -0.25) is 9.59 Å². The lowest BCUT2D eigenvalue weighted by Gasteiger charge is -2.35. The van der Waals surface area contributed by atoms with Gasteiger partial charge in [-0.2, -0.15) is 0 Å². The maximum atomic E-state index is 12.9. The Balaban J connectivity index is 1.57. The van der Waals surface area contributed by atoms with Gasteiger partial charge in [0.05, 0.1) is 12.0 Å². The Labute approximate surface area is 221 Å². The van der Waals surface area contributed by atoms with Crippen LogP contribution >= 0.6 is 11.6 Å². The van der Waals surface area contributed by atoms with Crippen LogP contribution in [0.25, 0.3) is 0 Å². The van der Waals surface area contributed by atoms with E-state index in [9.17, 15) is 9.59 Å². The van der Waals surface area contributed by atoms with Crippen molar-refractivity contribution in [2.75, 3.05) is 20.7 Å². The van der Waals surface area contributed by atoms with E-state index in [0.29, 0.717) is 23.1 Å². The smallest absolute Gasteiger partial charge is 0.311 e. The van der Waals surface area contributed by atoms with E-state index in [1.54, 1.807) is 24.3 Å². The van der Waals surface area contributed by atoms with Crippen LogP contribution in [0.1, 0.15) is 85.8 Å². The Hall–Kier alpha value is -2.37. The maximum absolute atomic E-state index is 12.9. The van der Waals surface area contributed by atoms with Crippen molar-refractivity contribution in [1.29, 1.82) is 0 Å². The molecule has 1 saturated carbocycles. The van der Waals surface area contributed by atoms with Crippen molar-refractivity contribution in [2.24, 2.45) is 5.41 Å². The van der Waals surface area contributed by atoms with Gasteiger partial charge in [-0.15, -0.1) is 0 Å². The minimum Gasteiger partial charge on any atom is -0.465 e. The van der Waals surface area contributed by atoms with E-state index >= 15 is 0 Å². The minimum atomic E-state index is -0.460. The molecule has 2 aromatic carbocycles. The highest BCUT2D eigenvalue weighted by Gasteiger charge is 2.29. The highest BCUT2D eigenvalue weighted by molar-refractivity contribution is 6.30.